The van der Waals surface area contributed by atoms with Crippen LogP contribution in [-0.4, -0.2) is 17.2 Å². The number of rotatable bonds is 2. The normalized spacial score (nSPS) is 10.3. The molecular weight excluding hydrogens is 180 g/mol. The Hall–Kier alpha value is -1.51. The first-order valence-corrected chi connectivity index (χ1v) is 4.51. The van der Waals surface area contributed by atoms with Gasteiger partial charge < -0.3 is 9.84 Å². The lowest BCUT2D eigenvalue weighted by molar-refractivity contribution is 0.0375. The molecule has 0 heterocycles. The van der Waals surface area contributed by atoms with Crippen LogP contribution in [0.4, 0.5) is 0 Å². The average molecular weight is 194 g/mol. The number of phenolic OH excluding ortho intramolecular Hbond substituents is 1. The third-order valence-corrected chi connectivity index (χ3v) is 1.72. The number of carbonyl (C=O) groups is 1. The highest BCUT2D eigenvalue weighted by atomic mass is 16.5. The summed E-state index contributed by atoms with van der Waals surface area (Å²) in [6.45, 7) is 5.38. The Morgan fingerprint density at radius 3 is 2.57 bits per heavy atom. The maximum absolute atomic E-state index is 11.4. The molecule has 0 aliphatic carbocycles. The maximum Gasteiger partial charge on any atom is 0.342 e. The molecular formula is C11H14O3. The van der Waals surface area contributed by atoms with E-state index < -0.39 is 5.97 Å². The van der Waals surface area contributed by atoms with E-state index in [-0.39, 0.29) is 17.4 Å². The molecule has 1 aromatic carbocycles. The third kappa shape index (κ3) is 2.49. The van der Waals surface area contributed by atoms with Gasteiger partial charge in [-0.15, -0.1) is 0 Å². The Balaban J connectivity index is 2.90. The summed E-state index contributed by atoms with van der Waals surface area (Å²) in [5.41, 5.74) is 1.12. The molecule has 0 aliphatic heterocycles. The van der Waals surface area contributed by atoms with Gasteiger partial charge in [-0.3, -0.25) is 0 Å². The highest BCUT2D eigenvalue weighted by molar-refractivity contribution is 5.92. The van der Waals surface area contributed by atoms with E-state index in [0.717, 1.165) is 5.56 Å². The highest BCUT2D eigenvalue weighted by Crippen LogP contribution is 2.19. The van der Waals surface area contributed by atoms with Gasteiger partial charge in [-0.25, -0.2) is 4.79 Å². The van der Waals surface area contributed by atoms with E-state index in [1.54, 1.807) is 26.0 Å². The molecule has 0 aliphatic rings. The van der Waals surface area contributed by atoms with Crippen molar-refractivity contribution in [3.63, 3.8) is 0 Å². The van der Waals surface area contributed by atoms with Crippen molar-refractivity contribution in [2.75, 3.05) is 0 Å². The number of benzene rings is 1. The van der Waals surface area contributed by atoms with Gasteiger partial charge in [0.1, 0.15) is 11.3 Å². The highest BCUT2D eigenvalue weighted by Gasteiger charge is 2.13. The maximum atomic E-state index is 11.4. The van der Waals surface area contributed by atoms with E-state index in [1.807, 2.05) is 6.92 Å². The van der Waals surface area contributed by atoms with Crippen LogP contribution in [0.15, 0.2) is 18.2 Å². The smallest absolute Gasteiger partial charge is 0.342 e. The summed E-state index contributed by atoms with van der Waals surface area (Å²) in [6.07, 6.45) is -0.178. The molecule has 0 amide bonds. The molecule has 0 saturated carbocycles. The van der Waals surface area contributed by atoms with E-state index in [1.165, 1.54) is 6.07 Å². The van der Waals surface area contributed by atoms with Crippen LogP contribution in [0.5, 0.6) is 5.75 Å². The summed E-state index contributed by atoms with van der Waals surface area (Å²) in [7, 11) is 0. The average Bonchev–Trinajstić information content (AvgIpc) is 2.01. The number of aromatic hydroxyl groups is 1. The second kappa shape index (κ2) is 4.13. The van der Waals surface area contributed by atoms with Crippen molar-refractivity contribution in [1.29, 1.82) is 0 Å². The molecule has 14 heavy (non-hydrogen) atoms. The summed E-state index contributed by atoms with van der Waals surface area (Å²) < 4.78 is 4.96. The van der Waals surface area contributed by atoms with Crippen LogP contribution in [0.25, 0.3) is 0 Å². The van der Waals surface area contributed by atoms with E-state index in [9.17, 15) is 9.90 Å². The van der Waals surface area contributed by atoms with Crippen molar-refractivity contribution in [2.24, 2.45) is 0 Å². The van der Waals surface area contributed by atoms with Crippen LogP contribution < -0.4 is 0 Å². The molecule has 0 saturated heterocycles. The minimum absolute atomic E-state index is 0.0318. The second-order valence-corrected chi connectivity index (χ2v) is 3.47. The van der Waals surface area contributed by atoms with Crippen molar-refractivity contribution >= 4 is 5.97 Å². The Kier molecular flexibility index (Phi) is 3.12. The molecule has 0 radical (unpaired) electrons. The monoisotopic (exact) mass is 194 g/mol. The number of hydrogen-bond donors (Lipinski definition) is 1. The molecule has 0 bridgehead atoms. The van der Waals surface area contributed by atoms with E-state index in [4.69, 9.17) is 4.74 Å². The lowest BCUT2D eigenvalue weighted by Gasteiger charge is -2.09. The minimum atomic E-state index is -0.488. The number of esters is 1. The quantitative estimate of drug-likeness (QED) is 0.734. The van der Waals surface area contributed by atoms with Gasteiger partial charge >= 0.3 is 5.97 Å². The fraction of sp³-hybridized carbons (Fsp3) is 0.364. The molecule has 0 spiro atoms. The Morgan fingerprint density at radius 1 is 1.43 bits per heavy atom. The molecule has 0 unspecified atom stereocenters. The molecule has 3 nitrogen and oxygen atoms in total. The number of ether oxygens (including phenoxy) is 1. The molecule has 1 N–H and O–H groups in total. The molecule has 1 rings (SSSR count). The predicted molar refractivity (Wildman–Crippen MR) is 53.4 cm³/mol. The first kappa shape index (κ1) is 10.6. The van der Waals surface area contributed by atoms with Gasteiger partial charge in [0, 0.05) is 0 Å². The number of aryl methyl sites for hydroxylation is 1. The SMILES string of the molecule is Cc1ccc(C(=O)OC(C)C)c(O)c1. The van der Waals surface area contributed by atoms with Gasteiger partial charge in [0.15, 0.2) is 0 Å². The summed E-state index contributed by atoms with van der Waals surface area (Å²) in [5, 5.41) is 9.47. The topological polar surface area (TPSA) is 46.5 Å². The number of carbonyl (C=O) groups excluding carboxylic acids is 1. The van der Waals surface area contributed by atoms with Gasteiger partial charge in [-0.05, 0) is 38.5 Å². The van der Waals surface area contributed by atoms with Crippen LogP contribution in [-0.2, 0) is 4.74 Å². The first-order chi connectivity index (χ1) is 6.50. The number of hydrogen-bond acceptors (Lipinski definition) is 3. The molecule has 0 atom stereocenters. The van der Waals surface area contributed by atoms with Crippen LogP contribution in [0, 0.1) is 6.92 Å². The first-order valence-electron chi connectivity index (χ1n) is 4.51. The van der Waals surface area contributed by atoms with Crippen molar-refractivity contribution in [2.45, 2.75) is 26.9 Å². The number of phenols is 1. The summed E-state index contributed by atoms with van der Waals surface area (Å²) in [4.78, 5) is 11.4. The molecule has 3 heteroatoms. The van der Waals surface area contributed by atoms with Gasteiger partial charge in [-0.2, -0.15) is 0 Å². The molecule has 0 fully saturated rings. The van der Waals surface area contributed by atoms with Gasteiger partial charge in [-0.1, -0.05) is 6.07 Å². The van der Waals surface area contributed by atoms with E-state index >= 15 is 0 Å². The lowest BCUT2D eigenvalue weighted by Crippen LogP contribution is -2.11. The Bertz CT molecular complexity index is 342. The lowest BCUT2D eigenvalue weighted by atomic mass is 10.1. The van der Waals surface area contributed by atoms with Crippen molar-refractivity contribution in [3.8, 4) is 5.75 Å². The standard InChI is InChI=1S/C11H14O3/c1-7(2)14-11(13)9-5-4-8(3)6-10(9)12/h4-7,12H,1-3H3. The summed E-state index contributed by atoms with van der Waals surface area (Å²) >= 11 is 0. The zero-order valence-corrected chi connectivity index (χ0v) is 8.57. The largest absolute Gasteiger partial charge is 0.507 e. The molecule has 1 aromatic rings. The fourth-order valence-electron chi connectivity index (χ4n) is 1.09. The minimum Gasteiger partial charge on any atom is -0.507 e. The summed E-state index contributed by atoms with van der Waals surface area (Å²) in [5.74, 6) is -0.520. The van der Waals surface area contributed by atoms with Crippen molar-refractivity contribution < 1.29 is 14.6 Å². The van der Waals surface area contributed by atoms with Crippen molar-refractivity contribution in [1.82, 2.24) is 0 Å². The van der Waals surface area contributed by atoms with Crippen LogP contribution >= 0.6 is 0 Å². The zero-order valence-electron chi connectivity index (χ0n) is 8.57. The molecule has 0 aromatic heterocycles. The van der Waals surface area contributed by atoms with Crippen LogP contribution in [0.2, 0.25) is 0 Å². The molecule has 76 valence electrons. The van der Waals surface area contributed by atoms with E-state index in [2.05, 4.69) is 0 Å². The Morgan fingerprint density at radius 2 is 2.07 bits per heavy atom. The van der Waals surface area contributed by atoms with Gasteiger partial charge in [0.05, 0.1) is 6.10 Å². The van der Waals surface area contributed by atoms with Crippen LogP contribution in [0.3, 0.4) is 0 Å². The summed E-state index contributed by atoms with van der Waals surface area (Å²) in [6, 6.07) is 4.86. The van der Waals surface area contributed by atoms with E-state index in [0.29, 0.717) is 0 Å². The second-order valence-electron chi connectivity index (χ2n) is 3.47. The van der Waals surface area contributed by atoms with Gasteiger partial charge in [0.2, 0.25) is 0 Å². The van der Waals surface area contributed by atoms with Gasteiger partial charge in [0.25, 0.3) is 0 Å². The predicted octanol–water partition coefficient (Wildman–Crippen LogP) is 2.27. The fourth-order valence-corrected chi connectivity index (χ4v) is 1.09. The van der Waals surface area contributed by atoms with Crippen molar-refractivity contribution in [3.05, 3.63) is 29.3 Å². The zero-order chi connectivity index (χ0) is 10.7. The Labute approximate surface area is 83.3 Å². The van der Waals surface area contributed by atoms with Crippen LogP contribution in [0.1, 0.15) is 29.8 Å². The third-order valence-electron chi connectivity index (χ3n) is 1.72.